The average molecular weight is 251 g/mol. The van der Waals surface area contributed by atoms with Crippen LogP contribution in [0.5, 0.6) is 0 Å². The Morgan fingerprint density at radius 1 is 1.29 bits per heavy atom. The first-order chi connectivity index (χ1) is 8.43. The quantitative estimate of drug-likeness (QED) is 0.875. The molecule has 0 radical (unpaired) electrons. The molecule has 1 aromatic rings. The predicted octanol–water partition coefficient (Wildman–Crippen LogP) is 2.42. The Labute approximate surface area is 107 Å². The van der Waals surface area contributed by atoms with Gasteiger partial charge < -0.3 is 5.32 Å². The molecule has 4 heteroatoms. The molecule has 1 N–H and O–H groups in total. The van der Waals surface area contributed by atoms with Crippen molar-refractivity contribution in [2.45, 2.75) is 37.6 Å². The second kappa shape index (κ2) is 5.44. The predicted molar refractivity (Wildman–Crippen MR) is 72.7 cm³/mol. The van der Waals surface area contributed by atoms with Crippen LogP contribution in [-0.4, -0.2) is 34.4 Å². The van der Waals surface area contributed by atoms with Gasteiger partial charge in [-0.25, -0.2) is 0 Å². The molecule has 3 nitrogen and oxygen atoms in total. The number of aromatic nitrogens is 2. The van der Waals surface area contributed by atoms with E-state index < -0.39 is 0 Å². The molecule has 1 unspecified atom stereocenters. The summed E-state index contributed by atoms with van der Waals surface area (Å²) < 4.78 is 2.23. The van der Waals surface area contributed by atoms with Gasteiger partial charge in [0.1, 0.15) is 0 Å². The summed E-state index contributed by atoms with van der Waals surface area (Å²) in [6.45, 7) is 2.32. The fourth-order valence-electron chi connectivity index (χ4n) is 2.85. The monoisotopic (exact) mass is 251 g/mol. The Kier molecular flexibility index (Phi) is 3.71. The molecule has 0 aliphatic carbocycles. The summed E-state index contributed by atoms with van der Waals surface area (Å²) in [4.78, 5) is 0. The van der Waals surface area contributed by atoms with Crippen LogP contribution in [0.2, 0.25) is 0 Å². The highest BCUT2D eigenvalue weighted by molar-refractivity contribution is 7.99. The molecule has 1 aromatic heterocycles. The summed E-state index contributed by atoms with van der Waals surface area (Å²) in [6.07, 6.45) is 9.61. The van der Waals surface area contributed by atoms with E-state index in [1.165, 1.54) is 42.8 Å². The summed E-state index contributed by atoms with van der Waals surface area (Å²) in [6, 6.07) is 0.643. The van der Waals surface area contributed by atoms with Crippen molar-refractivity contribution >= 4 is 11.8 Å². The molecule has 94 valence electrons. The van der Waals surface area contributed by atoms with Crippen molar-refractivity contribution in [1.82, 2.24) is 15.1 Å². The van der Waals surface area contributed by atoms with Gasteiger partial charge in [0.05, 0.1) is 12.2 Å². The molecule has 2 saturated heterocycles. The molecule has 0 amide bonds. The first kappa shape index (κ1) is 11.6. The van der Waals surface area contributed by atoms with Crippen molar-refractivity contribution in [3.05, 3.63) is 18.0 Å². The third kappa shape index (κ3) is 2.68. The summed E-state index contributed by atoms with van der Waals surface area (Å²) in [7, 11) is 0. The van der Waals surface area contributed by atoms with Crippen LogP contribution in [0, 0.1) is 0 Å². The molecular weight excluding hydrogens is 230 g/mol. The van der Waals surface area contributed by atoms with E-state index in [2.05, 4.69) is 39.3 Å². The van der Waals surface area contributed by atoms with E-state index in [0.717, 1.165) is 19.0 Å². The number of hydrogen-bond acceptors (Lipinski definition) is 3. The highest BCUT2D eigenvalue weighted by atomic mass is 32.2. The normalized spacial score (nSPS) is 27.2. The minimum absolute atomic E-state index is 0.643. The van der Waals surface area contributed by atoms with Crippen LogP contribution in [-0.2, 0) is 0 Å². The summed E-state index contributed by atoms with van der Waals surface area (Å²) in [5.74, 6) is 3.31. The highest BCUT2D eigenvalue weighted by Crippen LogP contribution is 2.29. The molecule has 2 fully saturated rings. The number of hydrogen-bond donors (Lipinski definition) is 1. The first-order valence-corrected chi connectivity index (χ1v) is 7.91. The van der Waals surface area contributed by atoms with Gasteiger partial charge in [0.25, 0.3) is 0 Å². The van der Waals surface area contributed by atoms with Gasteiger partial charge in [0, 0.05) is 11.9 Å². The number of rotatable bonds is 2. The standard InChI is InChI=1S/C13H21N3S/c1-2-13(10-17-7-1)16-9-12(8-15-16)11-3-5-14-6-4-11/h8-9,11,13-14H,1-7,10H2. The number of nitrogens with zero attached hydrogens (tertiary/aromatic N) is 2. The summed E-state index contributed by atoms with van der Waals surface area (Å²) in [5, 5.41) is 8.02. The zero-order valence-electron chi connectivity index (χ0n) is 10.3. The van der Waals surface area contributed by atoms with Gasteiger partial charge in [0.2, 0.25) is 0 Å². The van der Waals surface area contributed by atoms with Gasteiger partial charge in [-0.1, -0.05) is 0 Å². The van der Waals surface area contributed by atoms with Gasteiger partial charge in [0.15, 0.2) is 0 Å². The zero-order chi connectivity index (χ0) is 11.5. The Bertz CT molecular complexity index is 319. The van der Waals surface area contributed by atoms with Crippen molar-refractivity contribution in [2.24, 2.45) is 0 Å². The van der Waals surface area contributed by atoms with Crippen LogP contribution in [0.15, 0.2) is 12.4 Å². The molecule has 1 atom stereocenters. The van der Waals surface area contributed by atoms with E-state index in [1.54, 1.807) is 0 Å². The Hall–Kier alpha value is -0.480. The zero-order valence-corrected chi connectivity index (χ0v) is 11.1. The molecule has 0 saturated carbocycles. The average Bonchev–Trinajstić information content (AvgIpc) is 2.90. The van der Waals surface area contributed by atoms with Gasteiger partial charge in [-0.2, -0.15) is 16.9 Å². The molecule has 3 heterocycles. The van der Waals surface area contributed by atoms with E-state index in [1.807, 2.05) is 0 Å². The third-order valence-corrected chi connectivity index (χ3v) is 5.14. The number of piperidine rings is 1. The van der Waals surface area contributed by atoms with Crippen LogP contribution in [0.25, 0.3) is 0 Å². The lowest BCUT2D eigenvalue weighted by atomic mass is 9.93. The van der Waals surface area contributed by atoms with Crippen LogP contribution in [0.1, 0.15) is 43.2 Å². The maximum atomic E-state index is 4.60. The highest BCUT2D eigenvalue weighted by Gasteiger charge is 2.20. The molecule has 2 aliphatic heterocycles. The maximum absolute atomic E-state index is 4.60. The summed E-state index contributed by atoms with van der Waals surface area (Å²) in [5.41, 5.74) is 1.46. The molecule has 0 aromatic carbocycles. The van der Waals surface area contributed by atoms with E-state index in [0.29, 0.717) is 6.04 Å². The minimum atomic E-state index is 0.643. The minimum Gasteiger partial charge on any atom is -0.317 e. The Morgan fingerprint density at radius 3 is 2.94 bits per heavy atom. The smallest absolute Gasteiger partial charge is 0.0609 e. The SMILES string of the molecule is c1nn(C2CCCSC2)cc1C1CCNCC1. The van der Waals surface area contributed by atoms with Crippen molar-refractivity contribution in [1.29, 1.82) is 0 Å². The fourth-order valence-corrected chi connectivity index (χ4v) is 3.98. The topological polar surface area (TPSA) is 29.9 Å². The number of thioether (sulfide) groups is 1. The van der Waals surface area contributed by atoms with E-state index >= 15 is 0 Å². The second-order valence-electron chi connectivity index (χ2n) is 5.15. The van der Waals surface area contributed by atoms with Gasteiger partial charge in [-0.3, -0.25) is 4.68 Å². The van der Waals surface area contributed by atoms with Crippen LogP contribution >= 0.6 is 11.8 Å². The fraction of sp³-hybridized carbons (Fsp3) is 0.769. The van der Waals surface area contributed by atoms with Crippen molar-refractivity contribution in [2.75, 3.05) is 24.6 Å². The van der Waals surface area contributed by atoms with Crippen LogP contribution in [0.3, 0.4) is 0 Å². The van der Waals surface area contributed by atoms with Crippen molar-refractivity contribution in [3.8, 4) is 0 Å². The van der Waals surface area contributed by atoms with Crippen molar-refractivity contribution in [3.63, 3.8) is 0 Å². The maximum Gasteiger partial charge on any atom is 0.0609 e. The molecule has 17 heavy (non-hydrogen) atoms. The van der Waals surface area contributed by atoms with Gasteiger partial charge >= 0.3 is 0 Å². The Balaban J connectivity index is 1.68. The Morgan fingerprint density at radius 2 is 2.18 bits per heavy atom. The van der Waals surface area contributed by atoms with E-state index in [-0.39, 0.29) is 0 Å². The first-order valence-electron chi connectivity index (χ1n) is 6.76. The lowest BCUT2D eigenvalue weighted by Gasteiger charge is -2.23. The van der Waals surface area contributed by atoms with Crippen LogP contribution < -0.4 is 5.32 Å². The molecule has 3 rings (SSSR count). The van der Waals surface area contributed by atoms with E-state index in [9.17, 15) is 0 Å². The van der Waals surface area contributed by atoms with E-state index in [4.69, 9.17) is 0 Å². The lowest BCUT2D eigenvalue weighted by molar-refractivity contribution is 0.447. The molecular formula is C13H21N3S. The third-order valence-electron chi connectivity index (χ3n) is 3.94. The number of nitrogens with one attached hydrogen (secondary N) is 1. The van der Waals surface area contributed by atoms with Gasteiger partial charge in [-0.05, 0) is 56.0 Å². The van der Waals surface area contributed by atoms with Gasteiger partial charge in [-0.15, -0.1) is 0 Å². The molecule has 0 bridgehead atoms. The van der Waals surface area contributed by atoms with Crippen LogP contribution in [0.4, 0.5) is 0 Å². The second-order valence-corrected chi connectivity index (χ2v) is 6.30. The molecule has 2 aliphatic rings. The molecule has 0 spiro atoms. The largest absolute Gasteiger partial charge is 0.317 e. The summed E-state index contributed by atoms with van der Waals surface area (Å²) >= 11 is 2.07. The van der Waals surface area contributed by atoms with Crippen molar-refractivity contribution < 1.29 is 0 Å². The lowest BCUT2D eigenvalue weighted by Crippen LogP contribution is -2.26.